The Kier molecular flexibility index (Phi) is 3.96. The number of hydrogen-bond donors (Lipinski definition) is 0. The number of anilines is 1. The Bertz CT molecular complexity index is 451. The maximum Gasteiger partial charge on any atom is 0.329 e. The lowest BCUT2D eigenvalue weighted by Gasteiger charge is -2.22. The summed E-state index contributed by atoms with van der Waals surface area (Å²) in [7, 11) is 0. The van der Waals surface area contributed by atoms with Crippen LogP contribution >= 0.6 is 11.6 Å². The third-order valence-electron chi connectivity index (χ3n) is 2.93. The first-order valence-corrected chi connectivity index (χ1v) is 6.45. The van der Waals surface area contributed by atoms with Gasteiger partial charge in [-0.3, -0.25) is 10.1 Å². The lowest BCUT2D eigenvalue weighted by molar-refractivity contribution is -0.384. The van der Waals surface area contributed by atoms with Gasteiger partial charge in [0, 0.05) is 12.6 Å². The van der Waals surface area contributed by atoms with Crippen LogP contribution in [0.25, 0.3) is 0 Å². The van der Waals surface area contributed by atoms with Crippen molar-refractivity contribution >= 4 is 23.1 Å². The van der Waals surface area contributed by atoms with Crippen molar-refractivity contribution in [2.75, 3.05) is 11.4 Å². The normalized spacial score (nSPS) is 14.6. The third-order valence-corrected chi connectivity index (χ3v) is 3.11. The molecule has 1 saturated carbocycles. The zero-order valence-corrected chi connectivity index (χ0v) is 10.9. The molecule has 1 aliphatic rings. The summed E-state index contributed by atoms with van der Waals surface area (Å²) in [4.78, 5) is 20.3. The van der Waals surface area contributed by atoms with Gasteiger partial charge in [-0.05, 0) is 30.9 Å². The predicted molar refractivity (Wildman–Crippen MR) is 69.0 cm³/mol. The van der Waals surface area contributed by atoms with Crippen LogP contribution in [0.5, 0.6) is 0 Å². The van der Waals surface area contributed by atoms with Gasteiger partial charge in [0.1, 0.15) is 6.20 Å². The molecule has 1 fully saturated rings. The van der Waals surface area contributed by atoms with Crippen molar-refractivity contribution < 1.29 is 4.92 Å². The second-order valence-corrected chi connectivity index (χ2v) is 4.72. The smallest absolute Gasteiger partial charge is 0.329 e. The summed E-state index contributed by atoms with van der Waals surface area (Å²) in [5, 5.41) is 11.1. The quantitative estimate of drug-likeness (QED) is 0.451. The molecule has 0 atom stereocenters. The van der Waals surface area contributed by atoms with Gasteiger partial charge in [0.05, 0.1) is 4.92 Å². The van der Waals surface area contributed by atoms with Gasteiger partial charge in [0.2, 0.25) is 11.1 Å². The molecule has 0 spiro atoms. The molecular formula is C11H15ClN4O2. The van der Waals surface area contributed by atoms with Crippen molar-refractivity contribution in [1.82, 2.24) is 9.97 Å². The number of hydrogen-bond acceptors (Lipinski definition) is 5. The van der Waals surface area contributed by atoms with Gasteiger partial charge >= 0.3 is 5.69 Å². The first-order valence-electron chi connectivity index (χ1n) is 6.07. The molecule has 0 unspecified atom stereocenters. The largest absolute Gasteiger partial charge is 0.348 e. The summed E-state index contributed by atoms with van der Waals surface area (Å²) < 4.78 is 0. The molecule has 0 aromatic carbocycles. The number of nitrogens with zero attached hydrogens (tertiary/aromatic N) is 4. The van der Waals surface area contributed by atoms with Gasteiger partial charge in [-0.25, -0.2) is 4.98 Å². The van der Waals surface area contributed by atoms with E-state index in [2.05, 4.69) is 16.9 Å². The highest BCUT2D eigenvalue weighted by molar-refractivity contribution is 6.28. The first kappa shape index (κ1) is 13.0. The summed E-state index contributed by atoms with van der Waals surface area (Å²) in [6, 6.07) is 0.362. The zero-order valence-electron chi connectivity index (χ0n) is 10.2. The van der Waals surface area contributed by atoms with Crippen molar-refractivity contribution in [1.29, 1.82) is 0 Å². The molecule has 0 saturated heterocycles. The molecule has 1 aromatic heterocycles. The third kappa shape index (κ3) is 2.87. The molecule has 6 nitrogen and oxygen atoms in total. The highest BCUT2D eigenvalue weighted by atomic mass is 35.5. The van der Waals surface area contributed by atoms with E-state index in [0.717, 1.165) is 32.2 Å². The monoisotopic (exact) mass is 270 g/mol. The maximum atomic E-state index is 11.0. The second kappa shape index (κ2) is 5.48. The minimum atomic E-state index is -0.451. The van der Waals surface area contributed by atoms with E-state index in [1.54, 1.807) is 0 Å². The summed E-state index contributed by atoms with van der Waals surface area (Å²) in [5.74, 6) is 0.357. The highest BCUT2D eigenvalue weighted by Crippen LogP contribution is 2.35. The van der Waals surface area contributed by atoms with Crippen LogP contribution in [-0.4, -0.2) is 27.5 Å². The highest BCUT2D eigenvalue weighted by Gasteiger charge is 2.34. The number of rotatable bonds is 6. The van der Waals surface area contributed by atoms with Crippen LogP contribution in [0.1, 0.15) is 32.6 Å². The van der Waals surface area contributed by atoms with Crippen molar-refractivity contribution in [2.24, 2.45) is 0 Å². The van der Waals surface area contributed by atoms with E-state index in [-0.39, 0.29) is 11.0 Å². The Morgan fingerprint density at radius 1 is 1.61 bits per heavy atom. The maximum absolute atomic E-state index is 11.0. The summed E-state index contributed by atoms with van der Waals surface area (Å²) in [6.45, 7) is 2.86. The van der Waals surface area contributed by atoms with E-state index in [0.29, 0.717) is 11.9 Å². The fourth-order valence-corrected chi connectivity index (χ4v) is 1.99. The number of unbranched alkanes of at least 4 members (excludes halogenated alkanes) is 1. The Hall–Kier alpha value is -1.43. The van der Waals surface area contributed by atoms with Crippen molar-refractivity contribution in [3.8, 4) is 0 Å². The zero-order chi connectivity index (χ0) is 13.1. The number of halogens is 1. The van der Waals surface area contributed by atoms with Crippen LogP contribution in [0.15, 0.2) is 6.20 Å². The molecule has 0 bridgehead atoms. The molecular weight excluding hydrogens is 256 g/mol. The van der Waals surface area contributed by atoms with E-state index < -0.39 is 4.92 Å². The fourth-order valence-electron chi connectivity index (χ4n) is 1.86. The van der Waals surface area contributed by atoms with Crippen molar-refractivity contribution in [3.63, 3.8) is 0 Å². The Balaban J connectivity index is 2.32. The molecule has 2 rings (SSSR count). The van der Waals surface area contributed by atoms with E-state index in [1.165, 1.54) is 6.20 Å². The number of aromatic nitrogens is 2. The summed E-state index contributed by atoms with van der Waals surface area (Å²) in [5.41, 5.74) is -0.0672. The SMILES string of the molecule is CCCCN(c1nc(Cl)ncc1[N+](=O)[O-])C1CC1. The average Bonchev–Trinajstić information content (AvgIpc) is 3.13. The minimum Gasteiger partial charge on any atom is -0.348 e. The van der Waals surface area contributed by atoms with Crippen LogP contribution < -0.4 is 4.90 Å². The van der Waals surface area contributed by atoms with Crippen LogP contribution in [0.2, 0.25) is 5.28 Å². The molecule has 0 aliphatic heterocycles. The Labute approximate surface area is 110 Å². The molecule has 0 radical (unpaired) electrons. The van der Waals surface area contributed by atoms with Crippen LogP contribution in [-0.2, 0) is 0 Å². The summed E-state index contributed by atoms with van der Waals surface area (Å²) in [6.07, 6.45) is 5.32. The topological polar surface area (TPSA) is 72.2 Å². The van der Waals surface area contributed by atoms with Crippen LogP contribution in [0.4, 0.5) is 11.5 Å². The molecule has 0 N–H and O–H groups in total. The standard InChI is InChI=1S/C11H15ClN4O2/c1-2-3-6-15(8-4-5-8)10-9(16(17)18)7-13-11(12)14-10/h7-8H,2-6H2,1H3. The van der Waals surface area contributed by atoms with E-state index in [9.17, 15) is 10.1 Å². The molecule has 1 heterocycles. The Morgan fingerprint density at radius 2 is 2.33 bits per heavy atom. The second-order valence-electron chi connectivity index (χ2n) is 4.38. The van der Waals surface area contributed by atoms with Gasteiger partial charge < -0.3 is 4.90 Å². The van der Waals surface area contributed by atoms with Gasteiger partial charge in [-0.2, -0.15) is 4.98 Å². The van der Waals surface area contributed by atoms with Crippen molar-refractivity contribution in [3.05, 3.63) is 21.6 Å². The molecule has 18 heavy (non-hydrogen) atoms. The number of nitro groups is 1. The molecule has 0 amide bonds. The van der Waals surface area contributed by atoms with Gasteiger partial charge in [0.25, 0.3) is 0 Å². The van der Waals surface area contributed by atoms with Gasteiger partial charge in [-0.15, -0.1) is 0 Å². The van der Waals surface area contributed by atoms with Crippen LogP contribution in [0.3, 0.4) is 0 Å². The minimum absolute atomic E-state index is 0.0535. The van der Waals surface area contributed by atoms with E-state index in [1.807, 2.05) is 4.90 Å². The molecule has 98 valence electrons. The molecule has 1 aromatic rings. The van der Waals surface area contributed by atoms with Gasteiger partial charge in [0.15, 0.2) is 0 Å². The average molecular weight is 271 g/mol. The molecule has 7 heteroatoms. The van der Waals surface area contributed by atoms with Gasteiger partial charge in [-0.1, -0.05) is 13.3 Å². The predicted octanol–water partition coefficient (Wildman–Crippen LogP) is 2.81. The van der Waals surface area contributed by atoms with E-state index >= 15 is 0 Å². The summed E-state index contributed by atoms with van der Waals surface area (Å²) >= 11 is 5.75. The van der Waals surface area contributed by atoms with Crippen LogP contribution in [0, 0.1) is 10.1 Å². The fraction of sp³-hybridized carbons (Fsp3) is 0.636. The first-order chi connectivity index (χ1) is 8.63. The molecule has 1 aliphatic carbocycles. The van der Waals surface area contributed by atoms with Crippen molar-refractivity contribution in [2.45, 2.75) is 38.6 Å². The lowest BCUT2D eigenvalue weighted by atomic mass is 10.3. The van der Waals surface area contributed by atoms with E-state index in [4.69, 9.17) is 11.6 Å². The Morgan fingerprint density at radius 3 is 2.89 bits per heavy atom. The lowest BCUT2D eigenvalue weighted by Crippen LogP contribution is -2.28.